The van der Waals surface area contributed by atoms with Gasteiger partial charge in [0.15, 0.2) is 6.23 Å². The molecule has 144 valence electrons. The number of rotatable bonds is 7. The minimum absolute atomic E-state index is 0.465. The lowest BCUT2D eigenvalue weighted by atomic mass is 9.94. The number of carbonyl (C=O) groups is 2. The number of nitroso groups, excluding NO2 is 1. The van der Waals surface area contributed by atoms with Crippen LogP contribution in [-0.4, -0.2) is 85.2 Å². The Hall–Kier alpha value is -1.31. The molecule has 0 saturated carbocycles. The highest BCUT2D eigenvalue weighted by Crippen LogP contribution is 2.35. The molecule has 0 aliphatic carbocycles. The highest BCUT2D eigenvalue weighted by atomic mass is 32.2. The summed E-state index contributed by atoms with van der Waals surface area (Å²) in [4.78, 5) is 35.6. The second kappa shape index (κ2) is 8.38. The van der Waals surface area contributed by atoms with Crippen LogP contribution in [0.25, 0.3) is 0 Å². The van der Waals surface area contributed by atoms with E-state index in [1.165, 1.54) is 13.8 Å². The van der Waals surface area contributed by atoms with Gasteiger partial charge in [0.1, 0.15) is 30.5 Å². The third-order valence-corrected chi connectivity index (χ3v) is 4.75. The predicted octanol–water partition coefficient (Wildman–Crippen LogP) is -2.32. The Morgan fingerprint density at radius 1 is 1.28 bits per heavy atom. The zero-order valence-electron chi connectivity index (χ0n) is 14.0. The van der Waals surface area contributed by atoms with E-state index in [0.29, 0.717) is 11.9 Å². The maximum absolute atomic E-state index is 12.2. The van der Waals surface area contributed by atoms with Gasteiger partial charge in [-0.3, -0.25) is 9.59 Å². The summed E-state index contributed by atoms with van der Waals surface area (Å²) < 4.78 is 6.71. The minimum Gasteiger partial charge on any atom is -0.394 e. The van der Waals surface area contributed by atoms with Gasteiger partial charge in [-0.2, -0.15) is 0 Å². The highest BCUT2D eigenvalue weighted by Gasteiger charge is 2.52. The molecule has 1 aliphatic heterocycles. The number of hydrogen-bond acceptors (Lipinski definition) is 10. The van der Waals surface area contributed by atoms with E-state index in [4.69, 9.17) is 10.5 Å². The van der Waals surface area contributed by atoms with Crippen molar-refractivity contribution < 1.29 is 34.8 Å². The molecule has 0 bridgehead atoms. The zero-order chi connectivity index (χ0) is 19.5. The molecule has 0 aromatic carbocycles. The number of primary amides is 1. The molecule has 0 aromatic rings. The van der Waals surface area contributed by atoms with Gasteiger partial charge in [0.05, 0.1) is 11.4 Å². The van der Waals surface area contributed by atoms with Crippen LogP contribution < -0.4 is 5.73 Å². The Kier molecular flexibility index (Phi) is 7.28. The summed E-state index contributed by atoms with van der Waals surface area (Å²) in [6, 6.07) is -1.44. The van der Waals surface area contributed by atoms with Crippen LogP contribution >= 0.6 is 11.9 Å². The van der Waals surface area contributed by atoms with Crippen LogP contribution in [0.2, 0.25) is 0 Å². The standard InChI is InChI=1S/C13H23N3O8S/c1-5(18)16(10(11(14)22)13(2,3)25-15-23)12-9(21)8(20)7(19)6(4-17)24-12/h6-10,12,17,19-21H,4H2,1-3H3,(H2,14,22)/t6-,7-,8+,9-,10+,12-/m1/s1. The van der Waals surface area contributed by atoms with Crippen molar-refractivity contribution in [3.05, 3.63) is 4.91 Å². The summed E-state index contributed by atoms with van der Waals surface area (Å²) in [5, 5.41) is 39.2. The third kappa shape index (κ3) is 4.46. The van der Waals surface area contributed by atoms with Crippen LogP contribution in [0.15, 0.2) is 4.58 Å². The molecule has 1 fully saturated rings. The Bertz CT molecular complexity index is 518. The van der Waals surface area contributed by atoms with Crippen molar-refractivity contribution in [2.45, 2.75) is 62.2 Å². The van der Waals surface area contributed by atoms with Crippen molar-refractivity contribution >= 4 is 23.8 Å². The number of nitrogens with zero attached hydrogens (tertiary/aromatic N) is 2. The van der Waals surface area contributed by atoms with Gasteiger partial charge in [0, 0.05) is 23.5 Å². The summed E-state index contributed by atoms with van der Waals surface area (Å²) in [7, 11) is 0. The van der Waals surface area contributed by atoms with Crippen molar-refractivity contribution in [3.8, 4) is 0 Å². The van der Waals surface area contributed by atoms with Crippen LogP contribution in [-0.2, 0) is 14.3 Å². The lowest BCUT2D eigenvalue weighted by Crippen LogP contribution is -2.69. The van der Waals surface area contributed by atoms with Crippen molar-refractivity contribution in [3.63, 3.8) is 0 Å². The Morgan fingerprint density at radius 2 is 1.84 bits per heavy atom. The minimum atomic E-state index is -1.78. The smallest absolute Gasteiger partial charge is 0.241 e. The molecule has 0 spiro atoms. The first-order valence-electron chi connectivity index (χ1n) is 7.39. The van der Waals surface area contributed by atoms with Crippen molar-refractivity contribution in [2.24, 2.45) is 10.3 Å². The maximum atomic E-state index is 12.2. The molecule has 11 nitrogen and oxygen atoms in total. The number of ether oxygens (including phenoxy) is 1. The first kappa shape index (κ1) is 21.7. The zero-order valence-corrected chi connectivity index (χ0v) is 14.8. The fourth-order valence-electron chi connectivity index (χ4n) is 2.78. The fraction of sp³-hybridized carbons (Fsp3) is 0.846. The molecule has 25 heavy (non-hydrogen) atoms. The maximum Gasteiger partial charge on any atom is 0.241 e. The molecular weight excluding hydrogens is 358 g/mol. The Labute approximate surface area is 148 Å². The van der Waals surface area contributed by atoms with Gasteiger partial charge in [-0.25, -0.2) is 0 Å². The Balaban J connectivity index is 3.34. The summed E-state index contributed by atoms with van der Waals surface area (Å²) in [6.45, 7) is 3.25. The van der Waals surface area contributed by atoms with E-state index in [1.54, 1.807) is 0 Å². The first-order chi connectivity index (χ1) is 11.5. The number of carbonyl (C=O) groups excluding carboxylic acids is 2. The van der Waals surface area contributed by atoms with Gasteiger partial charge in [-0.1, -0.05) is 0 Å². The molecule has 0 aromatic heterocycles. The van der Waals surface area contributed by atoms with Gasteiger partial charge in [0.2, 0.25) is 11.8 Å². The number of nitrogens with two attached hydrogens (primary N) is 1. The van der Waals surface area contributed by atoms with Crippen molar-refractivity contribution in [1.82, 2.24) is 4.90 Å². The molecule has 6 atom stereocenters. The van der Waals surface area contributed by atoms with Crippen LogP contribution in [0.4, 0.5) is 0 Å². The van der Waals surface area contributed by atoms with E-state index in [9.17, 15) is 34.9 Å². The summed E-state index contributed by atoms with van der Waals surface area (Å²) in [5.41, 5.74) is 5.38. The van der Waals surface area contributed by atoms with Crippen LogP contribution in [0, 0.1) is 4.91 Å². The van der Waals surface area contributed by atoms with E-state index in [0.717, 1.165) is 11.8 Å². The molecule has 1 rings (SSSR count). The fourth-order valence-corrected chi connectivity index (χ4v) is 3.30. The monoisotopic (exact) mass is 381 g/mol. The van der Waals surface area contributed by atoms with Gasteiger partial charge >= 0.3 is 0 Å². The normalized spacial score (nSPS) is 31.2. The molecule has 2 amide bonds. The summed E-state index contributed by atoms with van der Waals surface area (Å²) in [5.74, 6) is -1.74. The molecule has 12 heteroatoms. The topological polar surface area (TPSA) is 183 Å². The average Bonchev–Trinajstić information content (AvgIpc) is 2.50. The highest BCUT2D eigenvalue weighted by molar-refractivity contribution is 7.99. The van der Waals surface area contributed by atoms with E-state index >= 15 is 0 Å². The lowest BCUT2D eigenvalue weighted by Gasteiger charge is -2.48. The quantitative estimate of drug-likeness (QED) is 0.239. The van der Waals surface area contributed by atoms with Crippen LogP contribution in [0.1, 0.15) is 20.8 Å². The summed E-state index contributed by atoms with van der Waals surface area (Å²) in [6.07, 6.45) is -8.02. The van der Waals surface area contributed by atoms with E-state index < -0.39 is 59.9 Å². The van der Waals surface area contributed by atoms with Crippen LogP contribution in [0.5, 0.6) is 0 Å². The van der Waals surface area contributed by atoms with Crippen molar-refractivity contribution in [2.75, 3.05) is 6.61 Å². The van der Waals surface area contributed by atoms with Crippen molar-refractivity contribution in [1.29, 1.82) is 0 Å². The SMILES string of the molecule is CC(=O)N([C@@H]1O[C@H](CO)[C@@H](O)[C@H](O)[C@H]1O)[C@@H](C(N)=O)C(C)(C)SN=O. The van der Waals surface area contributed by atoms with Gasteiger partial charge in [0.25, 0.3) is 0 Å². The third-order valence-electron chi connectivity index (χ3n) is 3.98. The second-order valence-corrected chi connectivity index (χ2v) is 7.60. The molecule has 1 heterocycles. The van der Waals surface area contributed by atoms with E-state index in [1.807, 2.05) is 0 Å². The number of aliphatic hydroxyl groups excluding tert-OH is 4. The Morgan fingerprint density at radius 3 is 2.24 bits per heavy atom. The molecule has 1 aliphatic rings. The first-order valence-corrected chi connectivity index (χ1v) is 8.16. The van der Waals surface area contributed by atoms with Crippen LogP contribution in [0.3, 0.4) is 0 Å². The lowest BCUT2D eigenvalue weighted by molar-refractivity contribution is -0.266. The number of aliphatic hydroxyl groups is 4. The number of hydrogen-bond donors (Lipinski definition) is 5. The molecule has 1 saturated heterocycles. The van der Waals surface area contributed by atoms with Gasteiger partial charge in [-0.15, -0.1) is 4.91 Å². The van der Waals surface area contributed by atoms with Gasteiger partial charge < -0.3 is 35.8 Å². The van der Waals surface area contributed by atoms with Gasteiger partial charge in [-0.05, 0) is 13.8 Å². The summed E-state index contributed by atoms with van der Waals surface area (Å²) >= 11 is 0.465. The van der Waals surface area contributed by atoms with E-state index in [-0.39, 0.29) is 0 Å². The average molecular weight is 381 g/mol. The molecule has 0 unspecified atom stereocenters. The largest absolute Gasteiger partial charge is 0.394 e. The molecule has 6 N–H and O–H groups in total. The predicted molar refractivity (Wildman–Crippen MR) is 86.7 cm³/mol. The second-order valence-electron chi connectivity index (χ2n) is 6.22. The van der Waals surface area contributed by atoms with E-state index in [2.05, 4.69) is 4.58 Å². The molecule has 0 radical (unpaired) electrons. The molecular formula is C13H23N3O8S. The number of amides is 2.